The van der Waals surface area contributed by atoms with Crippen LogP contribution in [0.25, 0.3) is 0 Å². The lowest BCUT2D eigenvalue weighted by molar-refractivity contribution is -0.508. The summed E-state index contributed by atoms with van der Waals surface area (Å²) < 4.78 is 208. The van der Waals surface area contributed by atoms with Gasteiger partial charge in [0.2, 0.25) is 0 Å². The lowest BCUT2D eigenvalue weighted by Gasteiger charge is -2.43. The van der Waals surface area contributed by atoms with Gasteiger partial charge >= 0.3 is 42.6 Å². The maximum atomic E-state index is 12.8. The Bertz CT molecular complexity index is 439. The van der Waals surface area contributed by atoms with E-state index in [1.807, 2.05) is 0 Å². The zero-order valence-corrected chi connectivity index (χ0v) is 10.4. The first-order valence-corrected chi connectivity index (χ1v) is 4.88. The minimum absolute atomic E-state index is 4.78. The molecule has 1 nitrogen and oxygen atoms in total. The van der Waals surface area contributed by atoms with E-state index in [4.69, 9.17) is 0 Å². The van der Waals surface area contributed by atoms with Gasteiger partial charge in [-0.2, -0.15) is 74.6 Å². The van der Waals surface area contributed by atoms with Crippen molar-refractivity contribution in [3.63, 3.8) is 0 Å². The summed E-state index contributed by atoms with van der Waals surface area (Å²) in [4.78, 5) is -4.78. The topological polar surface area (TPSA) is 3.24 Å². The lowest BCUT2D eigenvalue weighted by atomic mass is 10.1. The lowest BCUT2D eigenvalue weighted by Crippen LogP contribution is -2.74. The Hall–Kier alpha value is -1.23. The summed E-state index contributed by atoms with van der Waals surface area (Å²) in [6.07, 6.45) is -23.4. The first-order chi connectivity index (χ1) is 10.4. The highest BCUT2D eigenvalue weighted by Gasteiger charge is 2.88. The van der Waals surface area contributed by atoms with Crippen LogP contribution in [0.3, 0.4) is 0 Å². The third-order valence-corrected chi connectivity index (χ3v) is 2.28. The second kappa shape index (κ2) is 5.63. The van der Waals surface area contributed by atoms with Crippen molar-refractivity contribution < 1.29 is 74.6 Å². The number of hydrogen-bond acceptors (Lipinski definition) is 1. The maximum Gasteiger partial charge on any atom is 0.469 e. The van der Waals surface area contributed by atoms with Crippen LogP contribution in [0.15, 0.2) is 0 Å². The van der Waals surface area contributed by atoms with Crippen molar-refractivity contribution in [1.29, 1.82) is 0 Å². The van der Waals surface area contributed by atoms with Crippen molar-refractivity contribution in [1.82, 2.24) is 4.90 Å². The molecule has 0 rings (SSSR count). The van der Waals surface area contributed by atoms with Gasteiger partial charge in [0.05, 0.1) is 0 Å². The van der Waals surface area contributed by atoms with Gasteiger partial charge in [0.1, 0.15) is 0 Å². The third-order valence-electron chi connectivity index (χ3n) is 2.28. The molecule has 0 heterocycles. The molecule has 18 heteroatoms. The molecule has 0 fully saturated rings. The Labute approximate surface area is 124 Å². The molecule has 0 atom stereocenters. The molecule has 0 bridgehead atoms. The van der Waals surface area contributed by atoms with Crippen LogP contribution in [0.1, 0.15) is 0 Å². The molecule has 0 radical (unpaired) electrons. The largest absolute Gasteiger partial charge is 0.469 e. The predicted molar refractivity (Wildman–Crippen MR) is 39.8 cm³/mol. The Kier molecular flexibility index (Phi) is 5.36. The molecule has 0 aliphatic rings. The molecule has 0 saturated heterocycles. The summed E-state index contributed by atoms with van der Waals surface area (Å²) in [5, 5.41) is 0. The Morgan fingerprint density at radius 3 is 0.680 bits per heavy atom. The van der Waals surface area contributed by atoms with E-state index in [0.29, 0.717) is 0 Å². The van der Waals surface area contributed by atoms with Gasteiger partial charge in [-0.15, -0.1) is 0 Å². The Morgan fingerprint density at radius 2 is 0.560 bits per heavy atom. The average molecular weight is 421 g/mol. The predicted octanol–water partition coefficient (Wildman–Crippen LogP) is 5.39. The molecule has 0 saturated carbocycles. The summed E-state index contributed by atoms with van der Waals surface area (Å²) in [5.41, 5.74) is 0. The summed E-state index contributed by atoms with van der Waals surface area (Å²) in [5.74, 6) is -16.2. The van der Waals surface area contributed by atoms with Gasteiger partial charge < -0.3 is 0 Å². The Morgan fingerprint density at radius 1 is 0.360 bits per heavy atom. The number of rotatable bonds is 4. The molecule has 0 aromatic heterocycles. The van der Waals surface area contributed by atoms with Crippen molar-refractivity contribution >= 4 is 0 Å². The van der Waals surface area contributed by atoms with E-state index in [9.17, 15) is 74.6 Å². The first-order valence-electron chi connectivity index (χ1n) is 4.88. The van der Waals surface area contributed by atoms with E-state index in [1.165, 1.54) is 0 Å². The van der Waals surface area contributed by atoms with Gasteiger partial charge in [-0.25, -0.2) is 0 Å². The van der Waals surface area contributed by atoms with E-state index in [0.717, 1.165) is 0 Å². The molecule has 25 heavy (non-hydrogen) atoms. The zero-order valence-electron chi connectivity index (χ0n) is 10.4. The number of halogens is 17. The Balaban J connectivity index is 6.71. The van der Waals surface area contributed by atoms with Crippen LogP contribution in [-0.2, 0) is 0 Å². The molecule has 0 aromatic rings. The van der Waals surface area contributed by atoms with Crippen LogP contribution in [0, 0.1) is 0 Å². The normalized spacial score (nSPS) is 16.6. The van der Waals surface area contributed by atoms with E-state index < -0.39 is 47.5 Å². The van der Waals surface area contributed by atoms with Crippen molar-refractivity contribution in [3.8, 4) is 0 Å². The van der Waals surface area contributed by atoms with E-state index in [1.54, 1.807) is 0 Å². The molecular weight excluding hydrogens is 421 g/mol. The molecular formula is C7F17N. The van der Waals surface area contributed by atoms with Crippen molar-refractivity contribution in [2.24, 2.45) is 0 Å². The zero-order chi connectivity index (χ0) is 21.1. The monoisotopic (exact) mass is 421 g/mol. The van der Waals surface area contributed by atoms with Crippen LogP contribution >= 0.6 is 0 Å². The van der Waals surface area contributed by atoms with E-state index in [2.05, 4.69) is 0 Å². The quantitative estimate of drug-likeness (QED) is 0.435. The molecule has 0 aliphatic heterocycles. The number of hydrogen-bond donors (Lipinski definition) is 0. The standard InChI is InChI=1S/C7F17N/c8-1(9,3(12,13)14)5(18,19)25(7(22,23)24)6(20,21)2(10,11)4(15,16)17. The van der Waals surface area contributed by atoms with Crippen molar-refractivity contribution in [3.05, 3.63) is 0 Å². The van der Waals surface area contributed by atoms with Crippen LogP contribution in [0.5, 0.6) is 0 Å². The highest BCUT2D eigenvalue weighted by molar-refractivity contribution is 5.00. The third kappa shape index (κ3) is 3.53. The fourth-order valence-corrected chi connectivity index (χ4v) is 1.12. The summed E-state index contributed by atoms with van der Waals surface area (Å²) in [6.45, 7) is 0. The highest BCUT2D eigenvalue weighted by Crippen LogP contribution is 2.58. The van der Waals surface area contributed by atoms with Crippen LogP contribution < -0.4 is 0 Å². The minimum atomic E-state index is -8.29. The maximum absolute atomic E-state index is 12.8. The molecule has 152 valence electrons. The summed E-state index contributed by atoms with van der Waals surface area (Å²) in [7, 11) is 0. The molecule has 0 aromatic carbocycles. The van der Waals surface area contributed by atoms with Crippen LogP contribution in [0.2, 0.25) is 0 Å². The number of nitrogens with zero attached hydrogens (tertiary/aromatic N) is 1. The summed E-state index contributed by atoms with van der Waals surface area (Å²) >= 11 is 0. The smallest absolute Gasteiger partial charge is 0.187 e. The van der Waals surface area contributed by atoms with Gasteiger partial charge in [-0.3, -0.25) is 0 Å². The van der Waals surface area contributed by atoms with Gasteiger partial charge in [0.25, 0.3) is 0 Å². The summed E-state index contributed by atoms with van der Waals surface area (Å²) in [6, 6.07) is -16.6. The molecule has 0 amide bonds. The molecule has 0 aliphatic carbocycles. The van der Waals surface area contributed by atoms with E-state index in [-0.39, 0.29) is 0 Å². The average Bonchev–Trinajstić information content (AvgIpc) is 2.21. The fraction of sp³-hybridized carbons (Fsp3) is 1.00. The first kappa shape index (κ1) is 23.8. The van der Waals surface area contributed by atoms with Crippen LogP contribution in [-0.4, -0.2) is 47.5 Å². The second-order valence-corrected chi connectivity index (χ2v) is 4.03. The SMILES string of the molecule is FC(F)(F)N(C(F)(F)C(F)(F)C(F)(F)F)C(F)(F)C(F)(F)C(F)(F)F. The minimum Gasteiger partial charge on any atom is -0.187 e. The van der Waals surface area contributed by atoms with Gasteiger partial charge in [-0.1, -0.05) is 4.90 Å². The highest BCUT2D eigenvalue weighted by atomic mass is 19.4. The molecule has 0 N–H and O–H groups in total. The van der Waals surface area contributed by atoms with Gasteiger partial charge in [0, 0.05) is 0 Å². The fourth-order valence-electron chi connectivity index (χ4n) is 1.12. The van der Waals surface area contributed by atoms with E-state index >= 15 is 0 Å². The van der Waals surface area contributed by atoms with Crippen molar-refractivity contribution in [2.45, 2.75) is 42.6 Å². The number of alkyl halides is 17. The molecule has 0 unspecified atom stereocenters. The van der Waals surface area contributed by atoms with Crippen LogP contribution in [0.4, 0.5) is 74.6 Å². The van der Waals surface area contributed by atoms with Gasteiger partial charge in [0.15, 0.2) is 0 Å². The van der Waals surface area contributed by atoms with Crippen molar-refractivity contribution in [2.75, 3.05) is 0 Å². The molecule has 0 spiro atoms. The van der Waals surface area contributed by atoms with Gasteiger partial charge in [-0.05, 0) is 0 Å². The second-order valence-electron chi connectivity index (χ2n) is 4.03.